The number of rotatable bonds is 11. The molecule has 19 heteroatoms. The van der Waals surface area contributed by atoms with E-state index >= 15 is 0 Å². The molecule has 67 heavy (non-hydrogen) atoms. The Labute approximate surface area is 411 Å². The quantitative estimate of drug-likeness (QED) is 0.103. The lowest BCUT2D eigenvalue weighted by Gasteiger charge is -2.30. The molecule has 2 atom stereocenters. The number of hydrogen-bond acceptors (Lipinski definition) is 11. The molecule has 6 N–H and O–H groups in total. The first-order chi connectivity index (χ1) is 32.5. The molecule has 0 fully saturated rings. The number of aliphatic hydroxyl groups excluding tert-OH is 2. The molecule has 350 valence electrons. The van der Waals surface area contributed by atoms with Crippen molar-refractivity contribution >= 4 is 60.4 Å². The third-order valence-corrected chi connectivity index (χ3v) is 11.6. The van der Waals surface area contributed by atoms with Crippen molar-refractivity contribution in [2.45, 2.75) is 38.1 Å². The second-order valence-electron chi connectivity index (χ2n) is 16.5. The first kappa shape index (κ1) is 49.3. The van der Waals surface area contributed by atoms with Gasteiger partial charge >= 0.3 is 5.97 Å². The highest BCUT2D eigenvalue weighted by Gasteiger charge is 2.21. The summed E-state index contributed by atoms with van der Waals surface area (Å²) in [6.07, 6.45) is 15.4. The number of hydrogen-bond donors (Lipinski definition) is 5. The maximum absolute atomic E-state index is 12.6. The number of aromatic nitrogens is 8. The molecule has 0 spiro atoms. The summed E-state index contributed by atoms with van der Waals surface area (Å²) >= 11 is 4.24. The van der Waals surface area contributed by atoms with Gasteiger partial charge in [0.15, 0.2) is 5.69 Å². The van der Waals surface area contributed by atoms with E-state index in [0.29, 0.717) is 36.6 Å². The Kier molecular flexibility index (Phi) is 17.3. The summed E-state index contributed by atoms with van der Waals surface area (Å²) in [7, 11) is 3.72. The lowest BCUT2D eigenvalue weighted by atomic mass is 10.00. The average molecular weight is 1130 g/mol. The first-order valence-electron chi connectivity index (χ1n) is 21.7. The SMILES string of the molecule is Cn1cc(-c2ccc3nc(C(=O)NC[C@H](O)CN4CCc5ccccc5C4)cn3c2)cn1.Cn1cc(-c2ccc3nc(C(=O)O)cn3c2)cn1.II.NC[C@H](O)CN1CCc2ccccc2C1. The average Bonchev–Trinajstić information content (AvgIpc) is 4.18. The summed E-state index contributed by atoms with van der Waals surface area (Å²) < 4.78 is 7.00. The number of nitrogens with two attached hydrogens (primary N) is 1. The van der Waals surface area contributed by atoms with Crippen LogP contribution in [0.15, 0.2) is 122 Å². The molecule has 0 radical (unpaired) electrons. The van der Waals surface area contributed by atoms with Gasteiger partial charge in [0.05, 0.1) is 24.6 Å². The normalized spacial score (nSPS) is 14.3. The van der Waals surface area contributed by atoms with E-state index in [1.54, 1.807) is 38.4 Å². The molecule has 0 unspecified atom stereocenters. The Morgan fingerprint density at radius 1 is 0.642 bits per heavy atom. The highest BCUT2D eigenvalue weighted by molar-refractivity contribution is 15.0. The third kappa shape index (κ3) is 13.1. The Balaban J connectivity index is 0.000000161. The molecule has 2 aliphatic heterocycles. The van der Waals surface area contributed by atoms with Crippen LogP contribution in [0, 0.1) is 0 Å². The maximum atomic E-state index is 12.6. The summed E-state index contributed by atoms with van der Waals surface area (Å²) in [6.45, 7) is 5.44. The second kappa shape index (κ2) is 23.4. The van der Waals surface area contributed by atoms with Gasteiger partial charge in [-0.25, -0.2) is 14.8 Å². The number of carbonyl (C=O) groups is 2. The largest absolute Gasteiger partial charge is 0.476 e. The van der Waals surface area contributed by atoms with Crippen molar-refractivity contribution in [3.05, 3.63) is 156 Å². The minimum absolute atomic E-state index is 0.0401. The Morgan fingerprint density at radius 3 is 1.57 bits per heavy atom. The van der Waals surface area contributed by atoms with Gasteiger partial charge in [0.1, 0.15) is 17.0 Å². The number of fused-ring (bicyclic) bond motifs is 4. The molecule has 2 aliphatic rings. The van der Waals surface area contributed by atoms with Crippen molar-refractivity contribution in [2.75, 3.05) is 39.3 Å². The van der Waals surface area contributed by atoms with E-state index in [0.717, 1.165) is 61.3 Å². The number of β-amino-alcohol motifs (C(OH)–C–C–N with tert-alkyl or cyclic N) is 2. The van der Waals surface area contributed by atoms with Crippen LogP contribution >= 0.6 is 37.2 Å². The van der Waals surface area contributed by atoms with Crippen molar-refractivity contribution < 1.29 is 24.9 Å². The standard InChI is InChI=1S/C24H26N6O2.C12H10N4O2.C12H18N2O.I2/c1-28-12-20(10-26-28)19-6-7-23-27-22(16-30(23)14-19)24(32)25-11-21(31)15-29-9-8-17-4-2-3-5-18(17)13-29;1-15-5-9(4-13-15)8-2-3-11-14-10(12(17)18)7-16(11)6-8;13-7-12(15)9-14-6-5-10-3-1-2-4-11(10)8-14;1-2/h2-7,10,12,14,16,21,31H,8-9,11,13,15H2,1H3,(H,25,32);2-7H,1H3,(H,17,18);1-4,12,15H,5-9,13H2;/t21-;;12-;/m0.0./s1. The molecule has 1 amide bonds. The molecule has 2 aromatic carbocycles. The topological polar surface area (TPSA) is 210 Å². The van der Waals surface area contributed by atoms with Gasteiger partial charge in [0.25, 0.3) is 5.91 Å². The number of pyridine rings is 2. The third-order valence-electron chi connectivity index (χ3n) is 11.6. The van der Waals surface area contributed by atoms with Crippen LogP contribution in [0.5, 0.6) is 0 Å². The zero-order valence-electron chi connectivity index (χ0n) is 37.2. The summed E-state index contributed by atoms with van der Waals surface area (Å²) in [5.41, 5.74) is 16.5. The minimum Gasteiger partial charge on any atom is -0.476 e. The second-order valence-corrected chi connectivity index (χ2v) is 16.5. The van der Waals surface area contributed by atoms with Crippen LogP contribution < -0.4 is 11.1 Å². The fraction of sp³-hybridized carbons (Fsp3) is 0.292. The molecular formula is C48H54I2N12O5. The van der Waals surface area contributed by atoms with Crippen LogP contribution in [0.3, 0.4) is 0 Å². The number of carboxylic acids is 1. The lowest BCUT2D eigenvalue weighted by molar-refractivity contribution is 0.0691. The predicted molar refractivity (Wildman–Crippen MR) is 274 cm³/mol. The van der Waals surface area contributed by atoms with Gasteiger partial charge in [-0.15, -0.1) is 0 Å². The smallest absolute Gasteiger partial charge is 0.356 e. The first-order valence-corrected chi connectivity index (χ1v) is 28.0. The molecule has 0 saturated heterocycles. The molecule has 10 rings (SSSR count). The zero-order valence-corrected chi connectivity index (χ0v) is 41.6. The van der Waals surface area contributed by atoms with E-state index in [-0.39, 0.29) is 18.1 Å². The summed E-state index contributed by atoms with van der Waals surface area (Å²) in [6, 6.07) is 24.4. The fourth-order valence-electron chi connectivity index (χ4n) is 8.13. The number of imidazole rings is 2. The van der Waals surface area contributed by atoms with E-state index in [1.807, 2.05) is 67.5 Å². The van der Waals surface area contributed by atoms with Crippen molar-refractivity contribution in [1.82, 2.24) is 53.4 Å². The van der Waals surface area contributed by atoms with Gasteiger partial charge in [-0.1, -0.05) is 48.5 Å². The summed E-state index contributed by atoms with van der Waals surface area (Å²) in [5, 5.41) is 40.0. The van der Waals surface area contributed by atoms with E-state index in [9.17, 15) is 19.8 Å². The number of aromatic carboxylic acids is 1. The molecule has 0 aliphatic carbocycles. The Bertz CT molecular complexity index is 2910. The van der Waals surface area contributed by atoms with Gasteiger partial charge < -0.3 is 35.2 Å². The van der Waals surface area contributed by atoms with Gasteiger partial charge in [-0.05, 0) is 59.4 Å². The highest BCUT2D eigenvalue weighted by atomic mass is 128. The van der Waals surface area contributed by atoms with E-state index < -0.39 is 18.2 Å². The van der Waals surface area contributed by atoms with Crippen LogP contribution in [-0.2, 0) is 40.0 Å². The fourth-order valence-corrected chi connectivity index (χ4v) is 8.13. The maximum Gasteiger partial charge on any atom is 0.356 e. The number of nitrogens with one attached hydrogen (secondary N) is 1. The number of aryl methyl sites for hydroxylation is 2. The lowest BCUT2D eigenvalue weighted by Crippen LogP contribution is -2.42. The molecule has 8 heterocycles. The molecule has 8 aromatic rings. The van der Waals surface area contributed by atoms with Gasteiger partial charge in [0.2, 0.25) is 0 Å². The van der Waals surface area contributed by atoms with E-state index in [2.05, 4.69) is 115 Å². The molecular weight excluding hydrogens is 1080 g/mol. The monoisotopic (exact) mass is 1130 g/mol. The number of nitrogens with zero attached hydrogens (tertiary/aromatic N) is 10. The molecule has 6 aromatic heterocycles. The van der Waals surface area contributed by atoms with Crippen LogP contribution in [-0.4, -0.2) is 127 Å². The van der Waals surface area contributed by atoms with E-state index in [4.69, 9.17) is 10.8 Å². The van der Waals surface area contributed by atoms with Gasteiger partial charge in [-0.3, -0.25) is 24.0 Å². The minimum atomic E-state index is -1.03. The summed E-state index contributed by atoms with van der Waals surface area (Å²) in [4.78, 5) is 36.3. The molecule has 0 saturated carbocycles. The predicted octanol–water partition coefficient (Wildman–Crippen LogP) is 5.45. The molecule has 17 nitrogen and oxygen atoms in total. The number of aliphatic hydroxyl groups is 2. The van der Waals surface area contributed by atoms with Crippen molar-refractivity contribution in [2.24, 2.45) is 19.8 Å². The van der Waals surface area contributed by atoms with E-state index in [1.165, 1.54) is 28.5 Å². The van der Waals surface area contributed by atoms with Crippen LogP contribution in [0.2, 0.25) is 0 Å². The Hall–Kier alpha value is -5.56. The number of carbonyl (C=O) groups excluding carboxylic acids is 1. The highest BCUT2D eigenvalue weighted by Crippen LogP contribution is 2.22. The van der Waals surface area contributed by atoms with Gasteiger partial charge in [0, 0.05) is 163 Å². The van der Waals surface area contributed by atoms with Crippen molar-refractivity contribution in [3.63, 3.8) is 0 Å². The zero-order chi connectivity index (χ0) is 47.5. The van der Waals surface area contributed by atoms with Crippen molar-refractivity contribution in [3.8, 4) is 22.3 Å². The van der Waals surface area contributed by atoms with Crippen LogP contribution in [0.4, 0.5) is 0 Å². The van der Waals surface area contributed by atoms with Crippen LogP contribution in [0.25, 0.3) is 33.5 Å². The summed E-state index contributed by atoms with van der Waals surface area (Å²) in [5.74, 6) is -1.32. The van der Waals surface area contributed by atoms with Crippen molar-refractivity contribution in [1.29, 1.82) is 0 Å². The van der Waals surface area contributed by atoms with Gasteiger partial charge in [-0.2, -0.15) is 10.2 Å². The number of amides is 1. The number of benzene rings is 2. The van der Waals surface area contributed by atoms with Crippen LogP contribution in [0.1, 0.15) is 43.2 Å². The number of carboxylic acid groups (broad SMARTS) is 1. The number of halogens is 2. The Morgan fingerprint density at radius 2 is 1.10 bits per heavy atom. The molecule has 0 bridgehead atoms.